The number of hydrogen-bond acceptors (Lipinski definition) is 4. The van der Waals surface area contributed by atoms with Gasteiger partial charge >= 0.3 is 0 Å². The van der Waals surface area contributed by atoms with Gasteiger partial charge in [-0.15, -0.1) is 0 Å². The third-order valence-corrected chi connectivity index (χ3v) is 5.77. The van der Waals surface area contributed by atoms with Crippen LogP contribution in [0.25, 0.3) is 0 Å². The molecule has 0 amide bonds. The lowest BCUT2D eigenvalue weighted by Crippen LogP contribution is -2.61. The van der Waals surface area contributed by atoms with E-state index in [0.717, 1.165) is 37.4 Å². The van der Waals surface area contributed by atoms with Crippen LogP contribution in [0.3, 0.4) is 0 Å². The van der Waals surface area contributed by atoms with Crippen molar-refractivity contribution in [2.75, 3.05) is 26.2 Å². The maximum Gasteiger partial charge on any atom is 0.124 e. The van der Waals surface area contributed by atoms with Crippen molar-refractivity contribution in [2.45, 2.75) is 30.3 Å². The van der Waals surface area contributed by atoms with Gasteiger partial charge < -0.3 is 14.7 Å². The van der Waals surface area contributed by atoms with Crippen LogP contribution in [0.4, 0.5) is 0 Å². The molecule has 3 aliphatic rings. The Morgan fingerprint density at radius 1 is 1.29 bits per heavy atom. The van der Waals surface area contributed by atoms with Crippen molar-refractivity contribution >= 4 is 0 Å². The molecule has 0 aromatic heterocycles. The highest BCUT2D eigenvalue weighted by molar-refractivity contribution is 5.49. The molecule has 0 spiro atoms. The Morgan fingerprint density at radius 2 is 2.14 bits per heavy atom. The number of piperidine rings is 1. The summed E-state index contributed by atoms with van der Waals surface area (Å²) >= 11 is 0. The van der Waals surface area contributed by atoms with E-state index in [1.165, 1.54) is 0 Å². The van der Waals surface area contributed by atoms with Crippen molar-refractivity contribution in [1.82, 2.24) is 4.90 Å². The summed E-state index contributed by atoms with van der Waals surface area (Å²) in [6, 6.07) is 10.2. The summed E-state index contributed by atoms with van der Waals surface area (Å²) in [6.07, 6.45) is 2.25. The Hall–Kier alpha value is -1.57. The molecule has 3 aliphatic heterocycles. The molecule has 4 nitrogen and oxygen atoms in total. The zero-order valence-corrected chi connectivity index (χ0v) is 12.1. The van der Waals surface area contributed by atoms with Crippen LogP contribution in [-0.4, -0.2) is 41.8 Å². The quantitative estimate of drug-likeness (QED) is 0.852. The van der Waals surface area contributed by atoms with Gasteiger partial charge in [0.15, 0.2) is 0 Å². The Balaban J connectivity index is 1.87. The first-order chi connectivity index (χ1) is 10.2. The number of nitrogens with zero attached hydrogens (tertiary/aromatic N) is 2. The standard InChI is InChI=1S/C17H20N2O2/c18-12-16(7-10-21-15-4-2-1-3-14(15)16)17(20)6-9-19-8-5-13(17)11-19/h1-4,13,20H,5-11H2. The number of nitriles is 1. The van der Waals surface area contributed by atoms with E-state index in [2.05, 4.69) is 11.0 Å². The maximum atomic E-state index is 11.6. The molecule has 1 aromatic rings. The third-order valence-electron chi connectivity index (χ3n) is 5.77. The molecular formula is C17H20N2O2. The predicted octanol–water partition coefficient (Wildman–Crippen LogP) is 1.69. The largest absolute Gasteiger partial charge is 0.493 e. The molecule has 3 heterocycles. The summed E-state index contributed by atoms with van der Waals surface area (Å²) in [7, 11) is 0. The van der Waals surface area contributed by atoms with Crippen molar-refractivity contribution < 1.29 is 9.84 Å². The minimum Gasteiger partial charge on any atom is -0.493 e. The first-order valence-electron chi connectivity index (χ1n) is 7.78. The van der Waals surface area contributed by atoms with Gasteiger partial charge in [-0.2, -0.15) is 5.26 Å². The summed E-state index contributed by atoms with van der Waals surface area (Å²) in [4.78, 5) is 2.40. The van der Waals surface area contributed by atoms with E-state index in [1.807, 2.05) is 24.3 Å². The molecule has 110 valence electrons. The molecule has 4 rings (SSSR count). The second kappa shape index (κ2) is 4.46. The van der Waals surface area contributed by atoms with Crippen LogP contribution in [0.15, 0.2) is 24.3 Å². The number of benzene rings is 1. The van der Waals surface area contributed by atoms with E-state index in [4.69, 9.17) is 4.74 Å². The molecule has 4 heteroatoms. The normalized spacial score (nSPS) is 41.0. The zero-order valence-electron chi connectivity index (χ0n) is 12.1. The van der Waals surface area contributed by atoms with E-state index in [0.29, 0.717) is 19.4 Å². The van der Waals surface area contributed by atoms with Crippen LogP contribution in [0, 0.1) is 17.2 Å². The lowest BCUT2D eigenvalue weighted by atomic mass is 9.58. The Bertz CT molecular complexity index is 611. The van der Waals surface area contributed by atoms with Crippen molar-refractivity contribution in [2.24, 2.45) is 5.92 Å². The zero-order chi connectivity index (χ0) is 14.5. The highest BCUT2D eigenvalue weighted by Crippen LogP contribution is 2.53. The molecule has 0 aliphatic carbocycles. The Labute approximate surface area is 124 Å². The predicted molar refractivity (Wildman–Crippen MR) is 78.0 cm³/mol. The summed E-state index contributed by atoms with van der Waals surface area (Å²) in [6.45, 7) is 3.36. The van der Waals surface area contributed by atoms with Crippen LogP contribution in [0.1, 0.15) is 24.8 Å². The first-order valence-corrected chi connectivity index (χ1v) is 7.78. The molecule has 1 aromatic carbocycles. The Morgan fingerprint density at radius 3 is 3.00 bits per heavy atom. The van der Waals surface area contributed by atoms with Crippen LogP contribution < -0.4 is 4.74 Å². The SMILES string of the molecule is N#CC1(C2(O)CCN3CCC2C3)CCOc2ccccc21. The molecular weight excluding hydrogens is 264 g/mol. The average Bonchev–Trinajstić information content (AvgIpc) is 2.95. The smallest absolute Gasteiger partial charge is 0.124 e. The minimum absolute atomic E-state index is 0.192. The van der Waals surface area contributed by atoms with Gasteiger partial charge in [0.05, 0.1) is 18.3 Å². The van der Waals surface area contributed by atoms with Crippen molar-refractivity contribution in [3.8, 4) is 11.8 Å². The van der Waals surface area contributed by atoms with Gasteiger partial charge in [-0.05, 0) is 25.5 Å². The van der Waals surface area contributed by atoms with Crippen LogP contribution in [0.5, 0.6) is 5.75 Å². The van der Waals surface area contributed by atoms with Gasteiger partial charge in [0.2, 0.25) is 0 Å². The van der Waals surface area contributed by atoms with E-state index in [9.17, 15) is 10.4 Å². The fourth-order valence-corrected chi connectivity index (χ4v) is 4.58. The van der Waals surface area contributed by atoms with Crippen molar-refractivity contribution in [3.05, 3.63) is 29.8 Å². The van der Waals surface area contributed by atoms with Crippen molar-refractivity contribution in [1.29, 1.82) is 5.26 Å². The second-order valence-electron chi connectivity index (χ2n) is 6.57. The highest BCUT2D eigenvalue weighted by Gasteiger charge is 2.60. The van der Waals surface area contributed by atoms with Crippen LogP contribution in [-0.2, 0) is 5.41 Å². The van der Waals surface area contributed by atoms with Gasteiger partial charge in [0, 0.05) is 31.0 Å². The Kier molecular flexibility index (Phi) is 2.79. The van der Waals surface area contributed by atoms with E-state index in [1.54, 1.807) is 0 Å². The molecule has 2 bridgehead atoms. The van der Waals surface area contributed by atoms with E-state index < -0.39 is 11.0 Å². The van der Waals surface area contributed by atoms with Gasteiger partial charge in [-0.25, -0.2) is 0 Å². The van der Waals surface area contributed by atoms with E-state index >= 15 is 0 Å². The molecule has 1 N–H and O–H groups in total. The van der Waals surface area contributed by atoms with E-state index in [-0.39, 0.29) is 5.92 Å². The number of aliphatic hydroxyl groups is 1. The number of para-hydroxylation sites is 1. The first kappa shape index (κ1) is 13.1. The molecule has 4 atom stereocenters. The topological polar surface area (TPSA) is 56.5 Å². The fraction of sp³-hybridized carbons (Fsp3) is 0.588. The molecule has 4 unspecified atom stereocenters. The molecule has 2 saturated heterocycles. The number of hydrogen-bond donors (Lipinski definition) is 1. The fourth-order valence-electron chi connectivity index (χ4n) is 4.58. The second-order valence-corrected chi connectivity index (χ2v) is 6.57. The van der Waals surface area contributed by atoms with Gasteiger partial charge in [0.25, 0.3) is 0 Å². The average molecular weight is 284 g/mol. The molecule has 21 heavy (non-hydrogen) atoms. The molecule has 2 fully saturated rings. The maximum absolute atomic E-state index is 11.6. The lowest BCUT2D eigenvalue weighted by molar-refractivity contribution is -0.0988. The number of fused-ring (bicyclic) bond motifs is 3. The summed E-state index contributed by atoms with van der Waals surface area (Å²) in [5.41, 5.74) is -0.890. The third kappa shape index (κ3) is 1.62. The van der Waals surface area contributed by atoms with Gasteiger partial charge in [0.1, 0.15) is 11.2 Å². The summed E-state index contributed by atoms with van der Waals surface area (Å²) in [5, 5.41) is 21.6. The van der Waals surface area contributed by atoms with Gasteiger partial charge in [-0.1, -0.05) is 18.2 Å². The summed E-state index contributed by atoms with van der Waals surface area (Å²) < 4.78 is 5.72. The number of ether oxygens (including phenoxy) is 1. The molecule has 0 radical (unpaired) electrons. The van der Waals surface area contributed by atoms with Crippen LogP contribution in [0.2, 0.25) is 0 Å². The molecule has 0 saturated carbocycles. The van der Waals surface area contributed by atoms with Crippen LogP contribution >= 0.6 is 0 Å². The van der Waals surface area contributed by atoms with Gasteiger partial charge in [-0.3, -0.25) is 0 Å². The number of rotatable bonds is 1. The highest BCUT2D eigenvalue weighted by atomic mass is 16.5. The summed E-state index contributed by atoms with van der Waals surface area (Å²) in [5.74, 6) is 0.955. The van der Waals surface area contributed by atoms with Crippen molar-refractivity contribution in [3.63, 3.8) is 0 Å². The minimum atomic E-state index is -0.936. The monoisotopic (exact) mass is 284 g/mol. The lowest BCUT2D eigenvalue weighted by Gasteiger charge is -2.50.